The van der Waals surface area contributed by atoms with Gasteiger partial charge in [0.15, 0.2) is 0 Å². The highest BCUT2D eigenvalue weighted by atomic mass is 16.2. The second kappa shape index (κ2) is 4.90. The fourth-order valence-corrected chi connectivity index (χ4v) is 3.00. The van der Waals surface area contributed by atoms with Crippen LogP contribution in [0.5, 0.6) is 0 Å². The molecule has 2 amide bonds. The number of rotatable bonds is 4. The normalized spacial score (nSPS) is 30.6. The first-order valence-electron chi connectivity index (χ1n) is 7.09. The molecule has 3 unspecified atom stereocenters. The van der Waals surface area contributed by atoms with Crippen LogP contribution >= 0.6 is 0 Å². The van der Waals surface area contributed by atoms with Crippen molar-refractivity contribution in [2.24, 2.45) is 11.8 Å². The molecule has 0 aromatic rings. The summed E-state index contributed by atoms with van der Waals surface area (Å²) in [6.07, 6.45) is 3.03. The molecule has 3 atom stereocenters. The lowest BCUT2D eigenvalue weighted by Gasteiger charge is -2.43. The minimum Gasteiger partial charge on any atom is -0.342 e. The summed E-state index contributed by atoms with van der Waals surface area (Å²) in [7, 11) is 0. The Morgan fingerprint density at radius 2 is 1.94 bits per heavy atom. The van der Waals surface area contributed by atoms with Gasteiger partial charge in [-0.05, 0) is 38.0 Å². The molecule has 1 N–H and O–H groups in total. The Bertz CT molecular complexity index is 350. The average Bonchev–Trinajstić information content (AvgIpc) is 3.12. The highest BCUT2D eigenvalue weighted by Gasteiger charge is 2.47. The SMILES string of the molecule is CCC(C(C)C)N1C(=O)C(C2CC2)NC(=O)C1C. The molecule has 1 aliphatic carbocycles. The highest BCUT2D eigenvalue weighted by Crippen LogP contribution is 2.36. The maximum atomic E-state index is 12.6. The summed E-state index contributed by atoms with van der Waals surface area (Å²) in [6.45, 7) is 8.16. The van der Waals surface area contributed by atoms with E-state index in [0.717, 1.165) is 19.3 Å². The van der Waals surface area contributed by atoms with E-state index in [1.165, 1.54) is 0 Å². The lowest BCUT2D eigenvalue weighted by Crippen LogP contribution is -2.66. The van der Waals surface area contributed by atoms with E-state index in [1.807, 2.05) is 11.8 Å². The summed E-state index contributed by atoms with van der Waals surface area (Å²) in [4.78, 5) is 26.4. The van der Waals surface area contributed by atoms with Crippen molar-refractivity contribution in [3.63, 3.8) is 0 Å². The third-order valence-electron chi connectivity index (χ3n) is 4.25. The molecule has 1 saturated heterocycles. The van der Waals surface area contributed by atoms with Crippen molar-refractivity contribution in [2.45, 2.75) is 65.1 Å². The summed E-state index contributed by atoms with van der Waals surface area (Å²) in [5, 5.41) is 2.90. The van der Waals surface area contributed by atoms with Gasteiger partial charge in [-0.2, -0.15) is 0 Å². The van der Waals surface area contributed by atoms with E-state index < -0.39 is 0 Å². The smallest absolute Gasteiger partial charge is 0.246 e. The van der Waals surface area contributed by atoms with Gasteiger partial charge >= 0.3 is 0 Å². The van der Waals surface area contributed by atoms with Crippen molar-refractivity contribution in [2.75, 3.05) is 0 Å². The lowest BCUT2D eigenvalue weighted by molar-refractivity contribution is -0.153. The molecule has 0 spiro atoms. The molecule has 4 heteroatoms. The number of piperazine rings is 1. The van der Waals surface area contributed by atoms with Crippen LogP contribution in [0.4, 0.5) is 0 Å². The quantitative estimate of drug-likeness (QED) is 0.825. The maximum absolute atomic E-state index is 12.6. The summed E-state index contributed by atoms with van der Waals surface area (Å²) in [5.74, 6) is 0.893. The van der Waals surface area contributed by atoms with E-state index in [2.05, 4.69) is 26.1 Å². The van der Waals surface area contributed by atoms with Crippen molar-refractivity contribution >= 4 is 11.8 Å². The van der Waals surface area contributed by atoms with E-state index in [1.54, 1.807) is 0 Å². The number of amides is 2. The summed E-state index contributed by atoms with van der Waals surface area (Å²) >= 11 is 0. The molecule has 0 aromatic heterocycles. The van der Waals surface area contributed by atoms with Crippen molar-refractivity contribution < 1.29 is 9.59 Å². The van der Waals surface area contributed by atoms with Gasteiger partial charge in [-0.1, -0.05) is 20.8 Å². The minimum atomic E-state index is -0.333. The average molecular weight is 252 g/mol. The van der Waals surface area contributed by atoms with Crippen molar-refractivity contribution in [1.82, 2.24) is 10.2 Å². The molecule has 0 radical (unpaired) electrons. The third kappa shape index (κ3) is 2.25. The predicted molar refractivity (Wildman–Crippen MR) is 69.9 cm³/mol. The Kier molecular flexibility index (Phi) is 3.64. The molecule has 2 fully saturated rings. The molecule has 1 saturated carbocycles. The molecule has 102 valence electrons. The molecule has 18 heavy (non-hydrogen) atoms. The van der Waals surface area contributed by atoms with Crippen molar-refractivity contribution in [1.29, 1.82) is 0 Å². The van der Waals surface area contributed by atoms with Crippen LogP contribution in [0.1, 0.15) is 47.0 Å². The summed E-state index contributed by atoms with van der Waals surface area (Å²) in [6, 6.07) is -0.429. The Morgan fingerprint density at radius 3 is 2.39 bits per heavy atom. The number of carbonyl (C=O) groups excluding carboxylic acids is 2. The van der Waals surface area contributed by atoms with Crippen LogP contribution in [0.25, 0.3) is 0 Å². The van der Waals surface area contributed by atoms with E-state index in [-0.39, 0.29) is 29.9 Å². The summed E-state index contributed by atoms with van der Waals surface area (Å²) < 4.78 is 0. The van der Waals surface area contributed by atoms with Gasteiger partial charge in [-0.3, -0.25) is 9.59 Å². The summed E-state index contributed by atoms with van der Waals surface area (Å²) in [5.41, 5.74) is 0. The fourth-order valence-electron chi connectivity index (χ4n) is 3.00. The Labute approximate surface area is 109 Å². The van der Waals surface area contributed by atoms with Gasteiger partial charge in [0.05, 0.1) is 0 Å². The second-order valence-electron chi connectivity index (χ2n) is 5.96. The first-order chi connectivity index (χ1) is 8.47. The Balaban J connectivity index is 2.23. The molecule has 1 heterocycles. The monoisotopic (exact) mass is 252 g/mol. The van der Waals surface area contributed by atoms with Crippen LogP contribution in [0, 0.1) is 11.8 Å². The van der Waals surface area contributed by atoms with Crippen molar-refractivity contribution in [3.8, 4) is 0 Å². The van der Waals surface area contributed by atoms with E-state index >= 15 is 0 Å². The standard InChI is InChI=1S/C14H24N2O2/c1-5-11(8(2)3)16-9(4)13(17)15-12(14(16)18)10-6-7-10/h8-12H,5-7H2,1-4H3,(H,15,17). The zero-order valence-electron chi connectivity index (χ0n) is 11.8. The van der Waals surface area contributed by atoms with E-state index in [4.69, 9.17) is 0 Å². The van der Waals surface area contributed by atoms with Gasteiger partial charge < -0.3 is 10.2 Å². The third-order valence-corrected chi connectivity index (χ3v) is 4.25. The first-order valence-corrected chi connectivity index (χ1v) is 7.09. The lowest BCUT2D eigenvalue weighted by atomic mass is 9.94. The number of hydrogen-bond donors (Lipinski definition) is 1. The van der Waals surface area contributed by atoms with Gasteiger partial charge in [-0.15, -0.1) is 0 Å². The molecular weight excluding hydrogens is 228 g/mol. The van der Waals surface area contributed by atoms with Gasteiger partial charge in [-0.25, -0.2) is 0 Å². The Morgan fingerprint density at radius 1 is 1.33 bits per heavy atom. The van der Waals surface area contributed by atoms with Gasteiger partial charge in [0.25, 0.3) is 0 Å². The molecule has 0 bridgehead atoms. The molecule has 0 aromatic carbocycles. The van der Waals surface area contributed by atoms with Crippen LogP contribution in [0.3, 0.4) is 0 Å². The zero-order chi connectivity index (χ0) is 13.4. The van der Waals surface area contributed by atoms with Crippen LogP contribution < -0.4 is 5.32 Å². The number of carbonyl (C=O) groups is 2. The van der Waals surface area contributed by atoms with Gasteiger partial charge in [0.1, 0.15) is 12.1 Å². The number of nitrogens with one attached hydrogen (secondary N) is 1. The molecule has 1 aliphatic heterocycles. The molecule has 2 aliphatic rings. The molecule has 4 nitrogen and oxygen atoms in total. The number of nitrogens with zero attached hydrogens (tertiary/aromatic N) is 1. The van der Waals surface area contributed by atoms with Crippen LogP contribution in [-0.4, -0.2) is 34.8 Å². The van der Waals surface area contributed by atoms with Crippen LogP contribution in [0.2, 0.25) is 0 Å². The molecule has 2 rings (SSSR count). The zero-order valence-corrected chi connectivity index (χ0v) is 11.8. The van der Waals surface area contributed by atoms with Crippen LogP contribution in [-0.2, 0) is 9.59 Å². The highest BCUT2D eigenvalue weighted by molar-refractivity contribution is 5.97. The fraction of sp³-hybridized carbons (Fsp3) is 0.857. The van der Waals surface area contributed by atoms with E-state index in [0.29, 0.717) is 11.8 Å². The molecular formula is C14H24N2O2. The predicted octanol–water partition coefficient (Wildman–Crippen LogP) is 1.55. The second-order valence-corrected chi connectivity index (χ2v) is 5.96. The largest absolute Gasteiger partial charge is 0.342 e. The van der Waals surface area contributed by atoms with Gasteiger partial charge in [0, 0.05) is 6.04 Å². The first kappa shape index (κ1) is 13.4. The Hall–Kier alpha value is -1.06. The van der Waals surface area contributed by atoms with Gasteiger partial charge in [0.2, 0.25) is 11.8 Å². The van der Waals surface area contributed by atoms with E-state index in [9.17, 15) is 9.59 Å². The van der Waals surface area contributed by atoms with Crippen LogP contribution in [0.15, 0.2) is 0 Å². The number of hydrogen-bond acceptors (Lipinski definition) is 2. The van der Waals surface area contributed by atoms with Crippen molar-refractivity contribution in [3.05, 3.63) is 0 Å². The minimum absolute atomic E-state index is 0.00519. The maximum Gasteiger partial charge on any atom is 0.246 e. The topological polar surface area (TPSA) is 49.4 Å².